The number of nitrogens with zero attached hydrogens (tertiary/aromatic N) is 4. The molecule has 3 heterocycles. The molecule has 2 N–H and O–H groups in total. The van der Waals surface area contributed by atoms with E-state index in [4.69, 9.17) is 19.4 Å². The maximum atomic E-state index is 5.73. The van der Waals surface area contributed by atoms with E-state index in [0.717, 1.165) is 47.6 Å². The number of anilines is 3. The SMILES string of the molecule is COc1cccc(Nc2nc(NC[C@@H]3CCCO3)nc3c2cnn3-c2ccccc2)c1. The van der Waals surface area contributed by atoms with Crippen LogP contribution < -0.4 is 15.4 Å². The predicted octanol–water partition coefficient (Wildman–Crippen LogP) is 4.16. The van der Waals surface area contributed by atoms with Crippen LogP contribution in [-0.4, -0.2) is 46.1 Å². The van der Waals surface area contributed by atoms with Gasteiger partial charge >= 0.3 is 0 Å². The minimum Gasteiger partial charge on any atom is -0.497 e. The molecule has 1 aliphatic heterocycles. The lowest BCUT2D eigenvalue weighted by Gasteiger charge is -2.13. The van der Waals surface area contributed by atoms with E-state index in [1.54, 1.807) is 13.3 Å². The van der Waals surface area contributed by atoms with Crippen LogP contribution in [0.4, 0.5) is 17.5 Å². The summed E-state index contributed by atoms with van der Waals surface area (Å²) in [5.74, 6) is 1.98. The molecule has 0 spiro atoms. The summed E-state index contributed by atoms with van der Waals surface area (Å²) in [6, 6.07) is 17.7. The number of fused-ring (bicyclic) bond motifs is 1. The fourth-order valence-electron chi connectivity index (χ4n) is 3.69. The number of nitrogens with one attached hydrogen (secondary N) is 2. The molecule has 4 aromatic rings. The Morgan fingerprint density at radius 1 is 1.13 bits per heavy atom. The zero-order valence-electron chi connectivity index (χ0n) is 17.3. The Morgan fingerprint density at radius 3 is 2.84 bits per heavy atom. The molecule has 0 aliphatic carbocycles. The second-order valence-electron chi connectivity index (χ2n) is 7.40. The molecule has 0 amide bonds. The summed E-state index contributed by atoms with van der Waals surface area (Å²) in [4.78, 5) is 9.50. The minimum absolute atomic E-state index is 0.188. The van der Waals surface area contributed by atoms with E-state index in [1.807, 2.05) is 59.3 Å². The average molecular weight is 416 g/mol. The number of methoxy groups -OCH3 is 1. The van der Waals surface area contributed by atoms with Gasteiger partial charge in [0.05, 0.1) is 30.5 Å². The molecule has 0 unspecified atom stereocenters. The lowest BCUT2D eigenvalue weighted by Crippen LogP contribution is -2.20. The highest BCUT2D eigenvalue weighted by Crippen LogP contribution is 2.28. The molecule has 1 atom stereocenters. The van der Waals surface area contributed by atoms with Crippen molar-refractivity contribution in [2.24, 2.45) is 0 Å². The van der Waals surface area contributed by atoms with Crippen molar-refractivity contribution >= 4 is 28.5 Å². The fourth-order valence-corrected chi connectivity index (χ4v) is 3.69. The summed E-state index contributed by atoms with van der Waals surface area (Å²) in [6.07, 6.45) is 4.12. The summed E-state index contributed by atoms with van der Waals surface area (Å²) in [7, 11) is 1.65. The van der Waals surface area contributed by atoms with E-state index in [1.165, 1.54) is 0 Å². The molecule has 5 rings (SSSR count). The second kappa shape index (κ2) is 8.61. The van der Waals surface area contributed by atoms with Gasteiger partial charge in [-0.1, -0.05) is 24.3 Å². The van der Waals surface area contributed by atoms with Crippen molar-refractivity contribution < 1.29 is 9.47 Å². The highest BCUT2D eigenvalue weighted by atomic mass is 16.5. The van der Waals surface area contributed by atoms with E-state index < -0.39 is 0 Å². The van der Waals surface area contributed by atoms with Gasteiger partial charge in [0, 0.05) is 24.9 Å². The Labute approximate surface area is 180 Å². The van der Waals surface area contributed by atoms with Gasteiger partial charge in [0.15, 0.2) is 5.65 Å². The van der Waals surface area contributed by atoms with Crippen LogP contribution in [0.5, 0.6) is 5.75 Å². The number of hydrogen-bond donors (Lipinski definition) is 2. The van der Waals surface area contributed by atoms with Crippen molar-refractivity contribution in [2.75, 3.05) is 30.9 Å². The second-order valence-corrected chi connectivity index (χ2v) is 7.40. The average Bonchev–Trinajstić information content (AvgIpc) is 3.48. The molecule has 1 aliphatic rings. The third kappa shape index (κ3) is 4.15. The van der Waals surface area contributed by atoms with Crippen molar-refractivity contribution in [2.45, 2.75) is 18.9 Å². The molecule has 8 nitrogen and oxygen atoms in total. The number of hydrogen-bond acceptors (Lipinski definition) is 7. The first-order valence-corrected chi connectivity index (χ1v) is 10.4. The van der Waals surface area contributed by atoms with Gasteiger partial charge in [-0.15, -0.1) is 0 Å². The van der Waals surface area contributed by atoms with Gasteiger partial charge in [0.25, 0.3) is 0 Å². The van der Waals surface area contributed by atoms with Crippen LogP contribution in [0.25, 0.3) is 16.7 Å². The highest BCUT2D eigenvalue weighted by Gasteiger charge is 2.18. The smallest absolute Gasteiger partial charge is 0.226 e. The summed E-state index contributed by atoms with van der Waals surface area (Å²) >= 11 is 0. The van der Waals surface area contributed by atoms with Crippen LogP contribution in [0.15, 0.2) is 60.8 Å². The Kier molecular flexibility index (Phi) is 5.37. The van der Waals surface area contributed by atoms with Crippen molar-refractivity contribution in [3.8, 4) is 11.4 Å². The van der Waals surface area contributed by atoms with Crippen molar-refractivity contribution in [1.82, 2.24) is 19.7 Å². The van der Waals surface area contributed by atoms with Gasteiger partial charge < -0.3 is 20.1 Å². The summed E-state index contributed by atoms with van der Waals surface area (Å²) in [5, 5.41) is 12.1. The summed E-state index contributed by atoms with van der Waals surface area (Å²) in [6.45, 7) is 1.49. The number of benzene rings is 2. The summed E-state index contributed by atoms with van der Waals surface area (Å²) in [5.41, 5.74) is 2.53. The van der Waals surface area contributed by atoms with Crippen molar-refractivity contribution in [1.29, 1.82) is 0 Å². The van der Waals surface area contributed by atoms with Gasteiger partial charge in [-0.25, -0.2) is 4.68 Å². The van der Waals surface area contributed by atoms with E-state index in [0.29, 0.717) is 18.3 Å². The molecule has 2 aromatic heterocycles. The van der Waals surface area contributed by atoms with Gasteiger partial charge in [-0.3, -0.25) is 0 Å². The van der Waals surface area contributed by atoms with E-state index in [9.17, 15) is 0 Å². The van der Waals surface area contributed by atoms with Crippen molar-refractivity contribution in [3.05, 3.63) is 60.8 Å². The van der Waals surface area contributed by atoms with Gasteiger partial charge in [-0.05, 0) is 37.1 Å². The molecule has 31 heavy (non-hydrogen) atoms. The number of para-hydroxylation sites is 1. The third-order valence-corrected chi connectivity index (χ3v) is 5.27. The van der Waals surface area contributed by atoms with Crippen LogP contribution in [0.3, 0.4) is 0 Å². The van der Waals surface area contributed by atoms with Crippen LogP contribution >= 0.6 is 0 Å². The Hall–Kier alpha value is -3.65. The quantitative estimate of drug-likeness (QED) is 0.468. The molecule has 158 valence electrons. The maximum Gasteiger partial charge on any atom is 0.226 e. The molecule has 0 bridgehead atoms. The molecule has 1 saturated heterocycles. The third-order valence-electron chi connectivity index (χ3n) is 5.27. The van der Waals surface area contributed by atoms with Gasteiger partial charge in [0.1, 0.15) is 11.6 Å². The number of aromatic nitrogens is 4. The predicted molar refractivity (Wildman–Crippen MR) is 120 cm³/mol. The van der Waals surface area contributed by atoms with E-state index in [-0.39, 0.29) is 6.10 Å². The highest BCUT2D eigenvalue weighted by molar-refractivity contribution is 5.90. The molecule has 0 radical (unpaired) electrons. The minimum atomic E-state index is 0.188. The number of rotatable bonds is 7. The Morgan fingerprint density at radius 2 is 2.03 bits per heavy atom. The topological polar surface area (TPSA) is 86.1 Å². The van der Waals surface area contributed by atoms with Crippen LogP contribution in [0.2, 0.25) is 0 Å². The summed E-state index contributed by atoms with van der Waals surface area (Å²) < 4.78 is 12.9. The molecule has 1 fully saturated rings. The zero-order chi connectivity index (χ0) is 21.0. The zero-order valence-corrected chi connectivity index (χ0v) is 17.3. The molecular formula is C23H24N6O2. The monoisotopic (exact) mass is 416 g/mol. The lowest BCUT2D eigenvalue weighted by atomic mass is 10.2. The fraction of sp³-hybridized carbons (Fsp3) is 0.261. The standard InChI is InChI=1S/C23H24N6O2/c1-30-18-10-5-7-16(13-18)26-21-20-15-25-29(17-8-3-2-4-9-17)22(20)28-23(27-21)24-14-19-11-6-12-31-19/h2-5,7-10,13,15,19H,6,11-12,14H2,1H3,(H2,24,26,27,28)/t19-/m0/s1. The molecule has 2 aromatic carbocycles. The molecular weight excluding hydrogens is 392 g/mol. The first-order valence-electron chi connectivity index (χ1n) is 10.4. The van der Waals surface area contributed by atoms with E-state index in [2.05, 4.69) is 15.7 Å². The van der Waals surface area contributed by atoms with Crippen LogP contribution in [-0.2, 0) is 4.74 Å². The maximum absolute atomic E-state index is 5.73. The lowest BCUT2D eigenvalue weighted by molar-refractivity contribution is 0.120. The Balaban J connectivity index is 1.54. The molecule has 0 saturated carbocycles. The molecule has 8 heteroatoms. The largest absolute Gasteiger partial charge is 0.497 e. The van der Waals surface area contributed by atoms with Crippen molar-refractivity contribution in [3.63, 3.8) is 0 Å². The van der Waals surface area contributed by atoms with Crippen LogP contribution in [0, 0.1) is 0 Å². The van der Waals surface area contributed by atoms with Crippen LogP contribution in [0.1, 0.15) is 12.8 Å². The van der Waals surface area contributed by atoms with Gasteiger partial charge in [-0.2, -0.15) is 15.1 Å². The van der Waals surface area contributed by atoms with E-state index >= 15 is 0 Å². The Bertz CT molecular complexity index is 1170. The first kappa shape index (κ1) is 19.3. The van der Waals surface area contributed by atoms with Gasteiger partial charge in [0.2, 0.25) is 5.95 Å². The normalized spacial score (nSPS) is 15.8. The first-order chi connectivity index (χ1) is 15.3. The number of ether oxygens (including phenoxy) is 2.